The number of thioether (sulfide) groups is 1. The number of hydrogen-bond acceptors (Lipinski definition) is 3. The summed E-state index contributed by atoms with van der Waals surface area (Å²) < 4.78 is 1.72. The molecule has 0 bridgehead atoms. The molecule has 0 radical (unpaired) electrons. The van der Waals surface area contributed by atoms with Gasteiger partial charge in [0, 0.05) is 12.3 Å². The van der Waals surface area contributed by atoms with Crippen LogP contribution in [-0.2, 0) is 19.4 Å². The first-order valence-corrected chi connectivity index (χ1v) is 8.67. The van der Waals surface area contributed by atoms with E-state index in [1.165, 1.54) is 11.1 Å². The fraction of sp³-hybridized carbons (Fsp3) is 0.222. The number of aromatic amines is 1. The summed E-state index contributed by atoms with van der Waals surface area (Å²) in [5.41, 5.74) is 2.39. The van der Waals surface area contributed by atoms with Gasteiger partial charge >= 0.3 is 5.69 Å². The summed E-state index contributed by atoms with van der Waals surface area (Å²) >= 11 is 1.62. The van der Waals surface area contributed by atoms with Gasteiger partial charge in [-0.25, -0.2) is 9.89 Å². The molecule has 0 saturated carbocycles. The van der Waals surface area contributed by atoms with Gasteiger partial charge in [-0.2, -0.15) is 0 Å². The van der Waals surface area contributed by atoms with Gasteiger partial charge in [0.15, 0.2) is 5.16 Å². The number of nitrogens with one attached hydrogen (secondary N) is 1. The van der Waals surface area contributed by atoms with Gasteiger partial charge in [-0.1, -0.05) is 72.4 Å². The molecule has 0 spiro atoms. The number of H-pyrrole nitrogens is 1. The molecule has 0 saturated heterocycles. The summed E-state index contributed by atoms with van der Waals surface area (Å²) in [6, 6.07) is 20.5. The van der Waals surface area contributed by atoms with Crippen LogP contribution in [0.4, 0.5) is 0 Å². The number of nitrogens with zero attached hydrogens (tertiary/aromatic N) is 2. The van der Waals surface area contributed by atoms with Crippen molar-refractivity contribution in [3.05, 3.63) is 82.3 Å². The molecular formula is C18H19N3OS. The second kappa shape index (κ2) is 7.83. The average molecular weight is 325 g/mol. The maximum Gasteiger partial charge on any atom is 0.343 e. The first kappa shape index (κ1) is 15.6. The summed E-state index contributed by atoms with van der Waals surface area (Å²) in [5, 5.41) is 7.47. The minimum atomic E-state index is -0.136. The summed E-state index contributed by atoms with van der Waals surface area (Å²) in [6.45, 7) is 0.646. The highest BCUT2D eigenvalue weighted by atomic mass is 32.2. The molecular weight excluding hydrogens is 306 g/mol. The summed E-state index contributed by atoms with van der Waals surface area (Å²) in [6.07, 6.45) is 1.79. The molecule has 5 heteroatoms. The van der Waals surface area contributed by atoms with Crippen LogP contribution in [0.3, 0.4) is 0 Å². The highest BCUT2D eigenvalue weighted by Crippen LogP contribution is 2.16. The van der Waals surface area contributed by atoms with Crippen molar-refractivity contribution in [1.29, 1.82) is 0 Å². The third-order valence-corrected chi connectivity index (χ3v) is 4.63. The van der Waals surface area contributed by atoms with Crippen LogP contribution < -0.4 is 5.69 Å². The van der Waals surface area contributed by atoms with Gasteiger partial charge in [0.05, 0.1) is 0 Å². The topological polar surface area (TPSA) is 50.7 Å². The maximum atomic E-state index is 11.9. The van der Waals surface area contributed by atoms with Crippen molar-refractivity contribution >= 4 is 11.8 Å². The van der Waals surface area contributed by atoms with Crippen LogP contribution >= 0.6 is 11.8 Å². The van der Waals surface area contributed by atoms with Crippen LogP contribution in [0.2, 0.25) is 0 Å². The Labute approximate surface area is 139 Å². The van der Waals surface area contributed by atoms with E-state index in [0.29, 0.717) is 6.54 Å². The minimum Gasteiger partial charge on any atom is -0.270 e. The molecule has 0 aliphatic heterocycles. The molecule has 1 aromatic heterocycles. The molecule has 3 rings (SSSR count). The van der Waals surface area contributed by atoms with Gasteiger partial charge in [-0.15, -0.1) is 5.10 Å². The molecule has 0 unspecified atom stereocenters. The molecule has 0 aliphatic carbocycles. The number of rotatable bonds is 7. The third-order valence-electron chi connectivity index (χ3n) is 3.65. The first-order chi connectivity index (χ1) is 11.3. The van der Waals surface area contributed by atoms with Crippen molar-refractivity contribution in [3.63, 3.8) is 0 Å². The molecule has 0 aliphatic rings. The SMILES string of the molecule is O=c1[nH]nc(SCCc2ccccc2)n1CCc1ccccc1. The van der Waals surface area contributed by atoms with Crippen molar-refractivity contribution in [2.75, 3.05) is 5.75 Å². The number of benzene rings is 2. The molecule has 0 fully saturated rings. The Bertz CT molecular complexity index is 781. The number of aryl methyl sites for hydroxylation is 2. The van der Waals surface area contributed by atoms with E-state index in [4.69, 9.17) is 0 Å². The molecule has 23 heavy (non-hydrogen) atoms. The number of aromatic nitrogens is 3. The fourth-order valence-electron chi connectivity index (χ4n) is 2.40. The van der Waals surface area contributed by atoms with Crippen molar-refractivity contribution in [2.24, 2.45) is 0 Å². The Kier molecular flexibility index (Phi) is 5.32. The van der Waals surface area contributed by atoms with Crippen LogP contribution in [0.1, 0.15) is 11.1 Å². The van der Waals surface area contributed by atoms with E-state index < -0.39 is 0 Å². The molecule has 0 amide bonds. The van der Waals surface area contributed by atoms with Crippen LogP contribution in [0.25, 0.3) is 0 Å². The quantitative estimate of drug-likeness (QED) is 0.679. The highest BCUT2D eigenvalue weighted by Gasteiger charge is 2.08. The fourth-order valence-corrected chi connectivity index (χ4v) is 3.36. The third kappa shape index (κ3) is 4.36. The van der Waals surface area contributed by atoms with Gasteiger partial charge in [0.1, 0.15) is 0 Å². The van der Waals surface area contributed by atoms with Gasteiger partial charge in [0.25, 0.3) is 0 Å². The lowest BCUT2D eigenvalue weighted by Gasteiger charge is -2.06. The van der Waals surface area contributed by atoms with E-state index in [9.17, 15) is 4.79 Å². The van der Waals surface area contributed by atoms with Crippen molar-refractivity contribution in [3.8, 4) is 0 Å². The zero-order valence-corrected chi connectivity index (χ0v) is 13.6. The molecule has 3 aromatic rings. The maximum absolute atomic E-state index is 11.9. The molecule has 118 valence electrons. The van der Waals surface area contributed by atoms with Crippen molar-refractivity contribution in [1.82, 2.24) is 14.8 Å². The summed E-state index contributed by atoms with van der Waals surface area (Å²) in [7, 11) is 0. The lowest BCUT2D eigenvalue weighted by molar-refractivity contribution is 0.616. The van der Waals surface area contributed by atoms with Crippen molar-refractivity contribution < 1.29 is 0 Å². The second-order valence-corrected chi connectivity index (χ2v) is 6.34. The predicted molar refractivity (Wildman–Crippen MR) is 93.9 cm³/mol. The lowest BCUT2D eigenvalue weighted by Crippen LogP contribution is -2.19. The highest BCUT2D eigenvalue weighted by molar-refractivity contribution is 7.99. The summed E-state index contributed by atoms with van der Waals surface area (Å²) in [4.78, 5) is 11.9. The standard InChI is InChI=1S/C18H19N3OS/c22-17-19-20-18(23-14-12-16-9-5-2-6-10-16)21(17)13-11-15-7-3-1-4-8-15/h1-10H,11-14H2,(H,19,22). The van der Waals surface area contributed by atoms with Crippen molar-refractivity contribution in [2.45, 2.75) is 24.5 Å². The Hall–Kier alpha value is -2.27. The second-order valence-electron chi connectivity index (χ2n) is 5.28. The summed E-state index contributed by atoms with van der Waals surface area (Å²) in [5.74, 6) is 0.902. The molecule has 0 atom stereocenters. The molecule has 1 N–H and O–H groups in total. The Morgan fingerprint density at radius 1 is 0.913 bits per heavy atom. The van der Waals surface area contributed by atoms with E-state index in [2.05, 4.69) is 34.5 Å². The van der Waals surface area contributed by atoms with Gasteiger partial charge < -0.3 is 0 Å². The molecule has 1 heterocycles. The lowest BCUT2D eigenvalue weighted by atomic mass is 10.1. The van der Waals surface area contributed by atoms with E-state index in [-0.39, 0.29) is 5.69 Å². The monoisotopic (exact) mass is 325 g/mol. The minimum absolute atomic E-state index is 0.136. The van der Waals surface area contributed by atoms with E-state index in [1.54, 1.807) is 16.3 Å². The van der Waals surface area contributed by atoms with E-state index in [1.807, 2.05) is 36.4 Å². The van der Waals surface area contributed by atoms with Gasteiger partial charge in [0.2, 0.25) is 0 Å². The number of hydrogen-bond donors (Lipinski definition) is 1. The predicted octanol–water partition coefficient (Wildman–Crippen LogP) is 3.15. The Balaban J connectivity index is 1.59. The first-order valence-electron chi connectivity index (χ1n) is 7.69. The normalized spacial score (nSPS) is 10.8. The van der Waals surface area contributed by atoms with Crippen LogP contribution in [0.5, 0.6) is 0 Å². The van der Waals surface area contributed by atoms with Crippen LogP contribution in [-0.4, -0.2) is 20.5 Å². The van der Waals surface area contributed by atoms with Gasteiger partial charge in [-0.3, -0.25) is 4.57 Å². The zero-order chi connectivity index (χ0) is 15.9. The van der Waals surface area contributed by atoms with Gasteiger partial charge in [-0.05, 0) is 24.0 Å². The Morgan fingerprint density at radius 2 is 1.52 bits per heavy atom. The van der Waals surface area contributed by atoms with Crippen LogP contribution in [0, 0.1) is 0 Å². The zero-order valence-electron chi connectivity index (χ0n) is 12.8. The Morgan fingerprint density at radius 3 is 2.17 bits per heavy atom. The average Bonchev–Trinajstić information content (AvgIpc) is 2.95. The largest absolute Gasteiger partial charge is 0.343 e. The molecule has 2 aromatic carbocycles. The van der Waals surface area contributed by atoms with E-state index in [0.717, 1.165) is 23.8 Å². The van der Waals surface area contributed by atoms with E-state index >= 15 is 0 Å². The smallest absolute Gasteiger partial charge is 0.270 e. The van der Waals surface area contributed by atoms with Crippen LogP contribution in [0.15, 0.2) is 70.6 Å². The molecule has 4 nitrogen and oxygen atoms in total.